The van der Waals surface area contributed by atoms with Gasteiger partial charge in [-0.1, -0.05) is 17.7 Å². The third-order valence-electron chi connectivity index (χ3n) is 6.48. The molecule has 0 unspecified atom stereocenters. The minimum atomic E-state index is -0.181. The van der Waals surface area contributed by atoms with E-state index >= 15 is 0 Å². The highest BCUT2D eigenvalue weighted by Gasteiger charge is 2.21. The second-order valence-corrected chi connectivity index (χ2v) is 9.78. The van der Waals surface area contributed by atoms with Crippen molar-refractivity contribution in [1.29, 1.82) is 0 Å². The van der Waals surface area contributed by atoms with Crippen molar-refractivity contribution >= 4 is 35.2 Å². The van der Waals surface area contributed by atoms with Crippen molar-refractivity contribution in [3.05, 3.63) is 63.1 Å². The topological polar surface area (TPSA) is 23.6 Å². The Morgan fingerprint density at radius 3 is 2.47 bits per heavy atom. The van der Waals surface area contributed by atoms with Gasteiger partial charge in [0.05, 0.1) is 0 Å². The second kappa shape index (κ2) is 12.0. The summed E-state index contributed by atoms with van der Waals surface area (Å²) in [4.78, 5) is 18.2. The number of carbonyl (C=O) groups excluding carboxylic acids is 1. The normalized spacial score (nSPS) is 17.2. The fourth-order valence-electron chi connectivity index (χ4n) is 4.78. The van der Waals surface area contributed by atoms with Gasteiger partial charge in [0, 0.05) is 37.5 Å². The number of rotatable bonds is 6. The Morgan fingerprint density at radius 1 is 1.06 bits per heavy atom. The highest BCUT2D eigenvalue weighted by atomic mass is 35.5. The fraction of sp³-hybridized carbons (Fsp3) is 0.500. The van der Waals surface area contributed by atoms with E-state index in [4.69, 9.17) is 0 Å². The van der Waals surface area contributed by atoms with Crippen LogP contribution in [0.2, 0.25) is 0 Å². The molecular formula is C26H34ClFN2OS. The van der Waals surface area contributed by atoms with Crippen molar-refractivity contribution in [3.63, 3.8) is 0 Å². The Bertz CT molecular complexity index is 925. The van der Waals surface area contributed by atoms with Crippen LogP contribution in [0.3, 0.4) is 0 Å². The highest BCUT2D eigenvalue weighted by molar-refractivity contribution is 7.11. The lowest BCUT2D eigenvalue weighted by atomic mass is 9.91. The molecule has 0 atom stereocenters. The third kappa shape index (κ3) is 6.43. The van der Waals surface area contributed by atoms with E-state index in [9.17, 15) is 9.18 Å². The van der Waals surface area contributed by atoms with Gasteiger partial charge in [-0.15, -0.1) is 23.7 Å². The van der Waals surface area contributed by atoms with Crippen LogP contribution in [0.25, 0.3) is 5.57 Å². The van der Waals surface area contributed by atoms with Gasteiger partial charge in [-0.05, 0) is 92.3 Å². The van der Waals surface area contributed by atoms with Crippen molar-refractivity contribution in [2.24, 2.45) is 0 Å². The molecule has 6 heteroatoms. The van der Waals surface area contributed by atoms with Crippen LogP contribution in [0, 0.1) is 12.7 Å². The summed E-state index contributed by atoms with van der Waals surface area (Å²) in [7, 11) is 0. The quantitative estimate of drug-likeness (QED) is 0.487. The molecule has 2 fully saturated rings. The van der Waals surface area contributed by atoms with Crippen LogP contribution in [0.15, 0.2) is 41.3 Å². The molecule has 4 rings (SSSR count). The first-order valence-electron chi connectivity index (χ1n) is 11.6. The molecular weight excluding hydrogens is 443 g/mol. The monoisotopic (exact) mass is 476 g/mol. The van der Waals surface area contributed by atoms with Crippen LogP contribution in [0.1, 0.15) is 60.9 Å². The van der Waals surface area contributed by atoms with Crippen molar-refractivity contribution in [2.45, 2.75) is 51.9 Å². The summed E-state index contributed by atoms with van der Waals surface area (Å²) in [6, 6.07) is 9.23. The number of thiophene rings is 1. The molecule has 32 heavy (non-hydrogen) atoms. The predicted molar refractivity (Wildman–Crippen MR) is 134 cm³/mol. The average Bonchev–Trinajstić information content (AvgIpc) is 3.21. The molecule has 2 saturated heterocycles. The van der Waals surface area contributed by atoms with E-state index in [0.717, 1.165) is 70.4 Å². The van der Waals surface area contributed by atoms with Crippen molar-refractivity contribution < 1.29 is 9.18 Å². The highest BCUT2D eigenvalue weighted by Crippen LogP contribution is 2.35. The van der Waals surface area contributed by atoms with Gasteiger partial charge in [0.1, 0.15) is 5.82 Å². The summed E-state index contributed by atoms with van der Waals surface area (Å²) < 4.78 is 14.0. The van der Waals surface area contributed by atoms with E-state index in [0.29, 0.717) is 12.3 Å². The molecule has 1 aromatic heterocycles. The molecule has 0 spiro atoms. The molecule has 1 amide bonds. The third-order valence-corrected chi connectivity index (χ3v) is 7.54. The number of aryl methyl sites for hydroxylation is 1. The van der Waals surface area contributed by atoms with E-state index in [2.05, 4.69) is 28.2 Å². The molecule has 0 aliphatic carbocycles. The molecule has 174 valence electrons. The molecule has 0 radical (unpaired) electrons. The van der Waals surface area contributed by atoms with E-state index in [1.165, 1.54) is 34.1 Å². The first-order chi connectivity index (χ1) is 15.1. The van der Waals surface area contributed by atoms with Crippen LogP contribution in [0.4, 0.5) is 4.39 Å². The summed E-state index contributed by atoms with van der Waals surface area (Å²) in [5, 5.41) is 2.17. The van der Waals surface area contributed by atoms with Gasteiger partial charge in [-0.3, -0.25) is 4.79 Å². The van der Waals surface area contributed by atoms with Crippen molar-refractivity contribution in [1.82, 2.24) is 9.80 Å². The number of hydrogen-bond acceptors (Lipinski definition) is 3. The smallest absolute Gasteiger partial charge is 0.222 e. The number of benzene rings is 1. The summed E-state index contributed by atoms with van der Waals surface area (Å²) in [6.07, 6.45) is 7.19. The largest absolute Gasteiger partial charge is 0.343 e. The summed E-state index contributed by atoms with van der Waals surface area (Å²) in [5.41, 5.74) is 4.88. The molecule has 1 aromatic carbocycles. The lowest BCUT2D eigenvalue weighted by molar-refractivity contribution is -0.132. The summed E-state index contributed by atoms with van der Waals surface area (Å²) >= 11 is 1.75. The Hall–Kier alpha value is -1.69. The maximum Gasteiger partial charge on any atom is 0.222 e. The van der Waals surface area contributed by atoms with Gasteiger partial charge in [0.15, 0.2) is 0 Å². The minimum Gasteiger partial charge on any atom is -0.343 e. The number of hydrogen-bond donors (Lipinski definition) is 0. The summed E-state index contributed by atoms with van der Waals surface area (Å²) in [5.74, 6) is 0.151. The summed E-state index contributed by atoms with van der Waals surface area (Å²) in [6.45, 7) is 7.01. The first-order valence-corrected chi connectivity index (χ1v) is 12.5. The van der Waals surface area contributed by atoms with Gasteiger partial charge in [-0.25, -0.2) is 4.39 Å². The number of nitrogens with zero attached hydrogens (tertiary/aromatic N) is 2. The lowest BCUT2D eigenvalue weighted by Gasteiger charge is -2.30. The van der Waals surface area contributed by atoms with Crippen molar-refractivity contribution in [2.75, 3.05) is 32.7 Å². The SMILES string of the molecule is Cc1csc(C(=C2CCN(CCCC(=O)N3CCCCC3)CC2)c2cccc(F)c2)c1.Cl. The van der Waals surface area contributed by atoms with Crippen molar-refractivity contribution in [3.8, 4) is 0 Å². The van der Waals surface area contributed by atoms with E-state index in [1.807, 2.05) is 6.07 Å². The zero-order valence-corrected chi connectivity index (χ0v) is 20.6. The number of piperidine rings is 2. The van der Waals surface area contributed by atoms with E-state index in [1.54, 1.807) is 23.5 Å². The van der Waals surface area contributed by atoms with Gasteiger partial charge < -0.3 is 9.80 Å². The number of carbonyl (C=O) groups is 1. The Morgan fingerprint density at radius 2 is 1.81 bits per heavy atom. The van der Waals surface area contributed by atoms with Crippen LogP contribution >= 0.6 is 23.7 Å². The molecule has 0 saturated carbocycles. The Balaban J connectivity index is 0.00000289. The van der Waals surface area contributed by atoms with Crippen LogP contribution < -0.4 is 0 Å². The Labute approximate surface area is 201 Å². The standard InChI is InChI=1S/C26H33FN2OS.ClH/c1-20-17-24(31-19-20)26(22-7-5-8-23(27)18-22)21-10-15-28(16-11-21)12-6-9-25(30)29-13-3-2-4-14-29;/h5,7-8,17-19H,2-4,6,9-16H2,1H3;1H. The van der Waals surface area contributed by atoms with E-state index < -0.39 is 0 Å². The maximum absolute atomic E-state index is 14.0. The van der Waals surface area contributed by atoms with Gasteiger partial charge in [-0.2, -0.15) is 0 Å². The molecule has 3 nitrogen and oxygen atoms in total. The van der Waals surface area contributed by atoms with Crippen LogP contribution in [0.5, 0.6) is 0 Å². The zero-order chi connectivity index (χ0) is 21.6. The van der Waals surface area contributed by atoms with Crippen LogP contribution in [-0.4, -0.2) is 48.4 Å². The molecule has 2 aliphatic rings. The van der Waals surface area contributed by atoms with Gasteiger partial charge in [0.2, 0.25) is 5.91 Å². The second-order valence-electron chi connectivity index (χ2n) is 8.86. The first kappa shape index (κ1) is 24.9. The molecule has 0 N–H and O–H groups in total. The van der Waals surface area contributed by atoms with Gasteiger partial charge in [0.25, 0.3) is 0 Å². The number of halogens is 2. The number of likely N-dealkylation sites (tertiary alicyclic amines) is 2. The lowest BCUT2D eigenvalue weighted by Crippen LogP contribution is -2.36. The number of amides is 1. The molecule has 3 heterocycles. The molecule has 2 aliphatic heterocycles. The van der Waals surface area contributed by atoms with E-state index in [-0.39, 0.29) is 18.2 Å². The van der Waals surface area contributed by atoms with Gasteiger partial charge >= 0.3 is 0 Å². The average molecular weight is 477 g/mol. The maximum atomic E-state index is 14.0. The molecule has 2 aromatic rings. The minimum absolute atomic E-state index is 0. The van der Waals surface area contributed by atoms with Crippen LogP contribution in [-0.2, 0) is 4.79 Å². The predicted octanol–water partition coefficient (Wildman–Crippen LogP) is 6.31. The molecule has 0 bridgehead atoms. The Kier molecular flexibility index (Phi) is 9.33. The fourth-order valence-corrected chi connectivity index (χ4v) is 5.79. The zero-order valence-electron chi connectivity index (χ0n) is 18.9.